The number of sulfonamides is 1. The molecule has 0 saturated heterocycles. The highest BCUT2D eigenvalue weighted by molar-refractivity contribution is 7.89. The number of esters is 1. The lowest BCUT2D eigenvalue weighted by molar-refractivity contribution is -0.134. The first-order valence-electron chi connectivity index (χ1n) is 5.74. The second-order valence-corrected chi connectivity index (χ2v) is 5.85. The van der Waals surface area contributed by atoms with Crippen LogP contribution in [0.3, 0.4) is 0 Å². The minimum atomic E-state index is -3.60. The van der Waals surface area contributed by atoms with E-state index in [4.69, 9.17) is 0 Å². The van der Waals surface area contributed by atoms with Gasteiger partial charge in [-0.25, -0.2) is 17.9 Å². The fraction of sp³-hybridized carbons (Fsp3) is 0.308. The lowest BCUT2D eigenvalue weighted by Gasteiger charge is -2.11. The van der Waals surface area contributed by atoms with E-state index in [0.717, 1.165) is 0 Å². The summed E-state index contributed by atoms with van der Waals surface area (Å²) in [6, 6.07) is 6.23. The molecule has 0 aliphatic carbocycles. The lowest BCUT2D eigenvalue weighted by Crippen LogP contribution is -2.30. The zero-order chi connectivity index (χ0) is 14.5. The number of benzene rings is 1. The zero-order valence-corrected chi connectivity index (χ0v) is 11.9. The number of ether oxygens (including phenoxy) is 1. The highest BCUT2D eigenvalue weighted by atomic mass is 32.2. The van der Waals surface area contributed by atoms with Crippen LogP contribution in [0, 0.1) is 0 Å². The largest absolute Gasteiger partial charge is 0.466 e. The Kier molecular flexibility index (Phi) is 5.26. The van der Waals surface area contributed by atoms with Gasteiger partial charge in [-0.15, -0.1) is 0 Å². The molecule has 0 unspecified atom stereocenters. The Balaban J connectivity index is 3.16. The molecule has 1 aromatic carbocycles. The average molecular weight is 283 g/mol. The molecule has 0 heterocycles. The van der Waals surface area contributed by atoms with Crippen molar-refractivity contribution in [3.05, 3.63) is 35.9 Å². The van der Waals surface area contributed by atoms with Crippen molar-refractivity contribution in [1.29, 1.82) is 0 Å². The van der Waals surface area contributed by atoms with E-state index in [0.29, 0.717) is 5.56 Å². The summed E-state index contributed by atoms with van der Waals surface area (Å²) < 4.78 is 31.2. The molecule has 0 fully saturated rings. The molecule has 1 N–H and O–H groups in total. The van der Waals surface area contributed by atoms with Crippen molar-refractivity contribution in [2.75, 3.05) is 7.11 Å². The third-order valence-corrected chi connectivity index (χ3v) is 3.93. The van der Waals surface area contributed by atoms with Crippen LogP contribution in [0.1, 0.15) is 19.4 Å². The normalized spacial score (nSPS) is 12.0. The van der Waals surface area contributed by atoms with Gasteiger partial charge in [-0.3, -0.25) is 0 Å². The van der Waals surface area contributed by atoms with Crippen molar-refractivity contribution >= 4 is 22.1 Å². The first kappa shape index (κ1) is 15.4. The molecule has 0 amide bonds. The Bertz CT molecular complexity index is 576. The Hall–Kier alpha value is -1.66. The quantitative estimate of drug-likeness (QED) is 0.657. The number of hydrogen-bond acceptors (Lipinski definition) is 4. The van der Waals surface area contributed by atoms with E-state index in [2.05, 4.69) is 9.46 Å². The van der Waals surface area contributed by atoms with Crippen molar-refractivity contribution in [2.45, 2.75) is 24.8 Å². The van der Waals surface area contributed by atoms with Crippen molar-refractivity contribution in [2.24, 2.45) is 0 Å². The van der Waals surface area contributed by atoms with Gasteiger partial charge in [-0.1, -0.05) is 18.2 Å². The third kappa shape index (κ3) is 4.50. The van der Waals surface area contributed by atoms with Gasteiger partial charge in [0.1, 0.15) is 0 Å². The van der Waals surface area contributed by atoms with Gasteiger partial charge in [0, 0.05) is 12.1 Å². The Morgan fingerprint density at radius 3 is 2.53 bits per heavy atom. The summed E-state index contributed by atoms with van der Waals surface area (Å²) in [6.45, 7) is 3.48. The molecule has 0 saturated carbocycles. The molecule has 19 heavy (non-hydrogen) atoms. The van der Waals surface area contributed by atoms with Gasteiger partial charge in [0.2, 0.25) is 10.0 Å². The lowest BCUT2D eigenvalue weighted by atomic mass is 10.2. The second-order valence-electron chi connectivity index (χ2n) is 4.17. The smallest absolute Gasteiger partial charge is 0.330 e. The molecule has 0 aromatic heterocycles. The topological polar surface area (TPSA) is 72.5 Å². The van der Waals surface area contributed by atoms with Crippen LogP contribution in [-0.4, -0.2) is 27.5 Å². The maximum absolute atomic E-state index is 12.1. The van der Waals surface area contributed by atoms with E-state index in [-0.39, 0.29) is 10.9 Å². The summed E-state index contributed by atoms with van der Waals surface area (Å²) in [5, 5.41) is 0. The Morgan fingerprint density at radius 2 is 1.95 bits per heavy atom. The van der Waals surface area contributed by atoms with Crippen molar-refractivity contribution in [1.82, 2.24) is 4.72 Å². The molecule has 1 aromatic rings. The number of hydrogen-bond donors (Lipinski definition) is 1. The van der Waals surface area contributed by atoms with Crippen LogP contribution in [0.15, 0.2) is 35.2 Å². The van der Waals surface area contributed by atoms with Gasteiger partial charge in [0.05, 0.1) is 12.0 Å². The molecule has 0 radical (unpaired) electrons. The molecule has 0 bridgehead atoms. The summed E-state index contributed by atoms with van der Waals surface area (Å²) in [7, 11) is -2.34. The van der Waals surface area contributed by atoms with Crippen LogP contribution in [0.2, 0.25) is 0 Å². The molecule has 0 atom stereocenters. The van der Waals surface area contributed by atoms with Gasteiger partial charge >= 0.3 is 5.97 Å². The fourth-order valence-corrected chi connectivity index (χ4v) is 2.91. The third-order valence-electron chi connectivity index (χ3n) is 2.20. The van der Waals surface area contributed by atoms with Crippen LogP contribution in [0.25, 0.3) is 6.08 Å². The van der Waals surface area contributed by atoms with Gasteiger partial charge in [0.25, 0.3) is 0 Å². The molecule has 0 aliphatic rings. The SMILES string of the molecule is COC(=O)/C=C/c1ccccc1S(=O)(=O)NC(C)C. The molecule has 6 heteroatoms. The van der Waals surface area contributed by atoms with E-state index in [1.807, 2.05) is 0 Å². The van der Waals surface area contributed by atoms with Crippen molar-refractivity contribution in [3.8, 4) is 0 Å². The molecule has 5 nitrogen and oxygen atoms in total. The summed E-state index contributed by atoms with van der Waals surface area (Å²) in [4.78, 5) is 11.2. The van der Waals surface area contributed by atoms with E-state index in [9.17, 15) is 13.2 Å². The van der Waals surface area contributed by atoms with Gasteiger partial charge in [0.15, 0.2) is 0 Å². The highest BCUT2D eigenvalue weighted by Gasteiger charge is 2.17. The van der Waals surface area contributed by atoms with Crippen LogP contribution in [0.4, 0.5) is 0 Å². The molecule has 104 valence electrons. The van der Waals surface area contributed by atoms with Gasteiger partial charge in [-0.05, 0) is 31.6 Å². The Labute approximate surface area is 113 Å². The van der Waals surface area contributed by atoms with E-state index < -0.39 is 16.0 Å². The maximum atomic E-state index is 12.1. The molecular weight excluding hydrogens is 266 g/mol. The minimum Gasteiger partial charge on any atom is -0.466 e. The predicted octanol–water partition coefficient (Wildman–Crippen LogP) is 1.56. The molecule has 1 rings (SSSR count). The number of carbonyl (C=O) groups excluding carboxylic acids is 1. The molecule has 0 spiro atoms. The maximum Gasteiger partial charge on any atom is 0.330 e. The van der Waals surface area contributed by atoms with E-state index in [1.165, 1.54) is 25.3 Å². The first-order chi connectivity index (χ1) is 8.86. The summed E-state index contributed by atoms with van der Waals surface area (Å²) >= 11 is 0. The summed E-state index contributed by atoms with van der Waals surface area (Å²) in [5.74, 6) is -0.538. The van der Waals surface area contributed by atoms with Crippen LogP contribution < -0.4 is 4.72 Å². The van der Waals surface area contributed by atoms with Gasteiger partial charge in [-0.2, -0.15) is 0 Å². The minimum absolute atomic E-state index is 0.129. The number of rotatable bonds is 5. The first-order valence-corrected chi connectivity index (χ1v) is 7.22. The molecule has 0 aliphatic heterocycles. The number of nitrogens with one attached hydrogen (secondary N) is 1. The van der Waals surface area contributed by atoms with Crippen LogP contribution in [-0.2, 0) is 19.6 Å². The van der Waals surface area contributed by atoms with E-state index in [1.54, 1.807) is 32.0 Å². The average Bonchev–Trinajstić information content (AvgIpc) is 2.34. The van der Waals surface area contributed by atoms with Crippen molar-refractivity contribution in [3.63, 3.8) is 0 Å². The van der Waals surface area contributed by atoms with E-state index >= 15 is 0 Å². The molecular formula is C13H17NO4S. The second kappa shape index (κ2) is 6.49. The van der Waals surface area contributed by atoms with Crippen LogP contribution in [0.5, 0.6) is 0 Å². The van der Waals surface area contributed by atoms with Crippen LogP contribution >= 0.6 is 0 Å². The monoisotopic (exact) mass is 283 g/mol. The fourth-order valence-electron chi connectivity index (χ4n) is 1.46. The Morgan fingerprint density at radius 1 is 1.32 bits per heavy atom. The van der Waals surface area contributed by atoms with Gasteiger partial charge < -0.3 is 4.74 Å². The summed E-state index contributed by atoms with van der Waals surface area (Å²) in [6.07, 6.45) is 2.60. The number of methoxy groups -OCH3 is 1. The van der Waals surface area contributed by atoms with Crippen molar-refractivity contribution < 1.29 is 17.9 Å². The zero-order valence-electron chi connectivity index (χ0n) is 11.1. The number of carbonyl (C=O) groups is 1. The predicted molar refractivity (Wildman–Crippen MR) is 72.9 cm³/mol. The highest BCUT2D eigenvalue weighted by Crippen LogP contribution is 2.17. The summed E-state index contributed by atoms with van der Waals surface area (Å²) in [5.41, 5.74) is 0.432. The standard InChI is InChI=1S/C13H17NO4S/c1-10(2)14-19(16,17)12-7-5-4-6-11(12)8-9-13(15)18-3/h4-10,14H,1-3H3/b9-8+.